The molecule has 126 valence electrons. The van der Waals surface area contributed by atoms with Crippen molar-refractivity contribution >= 4 is 35.3 Å². The van der Waals surface area contributed by atoms with E-state index in [1.165, 1.54) is 11.3 Å². The van der Waals surface area contributed by atoms with Gasteiger partial charge in [0.2, 0.25) is 0 Å². The number of hydrogen-bond donors (Lipinski definition) is 1. The summed E-state index contributed by atoms with van der Waals surface area (Å²) in [6.45, 7) is 4.82. The van der Waals surface area contributed by atoms with E-state index in [0.29, 0.717) is 15.5 Å². The van der Waals surface area contributed by atoms with Gasteiger partial charge >= 0.3 is 0 Å². The summed E-state index contributed by atoms with van der Waals surface area (Å²) in [5.74, 6) is -1.52. The number of thiophene rings is 1. The molecule has 0 spiro atoms. The minimum absolute atomic E-state index is 0. The summed E-state index contributed by atoms with van der Waals surface area (Å²) in [6, 6.07) is 6.73. The summed E-state index contributed by atoms with van der Waals surface area (Å²) in [4.78, 5) is 3.11. The molecule has 7 heteroatoms. The van der Waals surface area contributed by atoms with Crippen LogP contribution in [0.4, 0.5) is 8.78 Å². The maximum atomic E-state index is 14.5. The largest absolute Gasteiger partial charge is 0.314 e. The molecular weight excluding hydrogens is 361 g/mol. The van der Waals surface area contributed by atoms with Crippen LogP contribution in [0.3, 0.4) is 0 Å². The van der Waals surface area contributed by atoms with Crippen molar-refractivity contribution < 1.29 is 8.78 Å². The molecule has 2 nitrogen and oxygen atoms in total. The molecule has 1 atom stereocenters. The second-order valence-electron chi connectivity index (χ2n) is 5.43. The van der Waals surface area contributed by atoms with Gasteiger partial charge in [0, 0.05) is 36.6 Å². The van der Waals surface area contributed by atoms with E-state index < -0.39 is 11.6 Å². The van der Waals surface area contributed by atoms with Gasteiger partial charge in [-0.05, 0) is 24.6 Å². The van der Waals surface area contributed by atoms with Crippen LogP contribution in [0.25, 0.3) is 0 Å². The van der Waals surface area contributed by atoms with Gasteiger partial charge in [-0.15, -0.1) is 23.7 Å². The predicted octanol–water partition coefficient (Wildman–Crippen LogP) is 4.40. The highest BCUT2D eigenvalue weighted by Gasteiger charge is 2.29. The summed E-state index contributed by atoms with van der Waals surface area (Å²) in [6.07, 6.45) is 0. The first-order valence-corrected chi connectivity index (χ1v) is 8.42. The number of nitrogens with one attached hydrogen (secondary N) is 1. The van der Waals surface area contributed by atoms with Crippen molar-refractivity contribution in [3.8, 4) is 0 Å². The van der Waals surface area contributed by atoms with Crippen LogP contribution in [0.1, 0.15) is 22.0 Å². The number of halogens is 4. The summed E-state index contributed by atoms with van der Waals surface area (Å²) in [5.41, 5.74) is 0.702. The summed E-state index contributed by atoms with van der Waals surface area (Å²) in [5, 5.41) is 3.28. The molecule has 0 amide bonds. The summed E-state index contributed by atoms with van der Waals surface area (Å²) < 4.78 is 29.2. The van der Waals surface area contributed by atoms with E-state index in [0.717, 1.165) is 31.1 Å². The van der Waals surface area contributed by atoms with Crippen molar-refractivity contribution in [2.45, 2.75) is 13.0 Å². The Morgan fingerprint density at radius 1 is 1.13 bits per heavy atom. The Bertz CT molecular complexity index is 672. The third-order valence-corrected chi connectivity index (χ3v) is 5.26. The fraction of sp³-hybridized carbons (Fsp3) is 0.375. The van der Waals surface area contributed by atoms with Crippen LogP contribution < -0.4 is 5.32 Å². The molecule has 2 aromatic rings. The van der Waals surface area contributed by atoms with Crippen LogP contribution in [0, 0.1) is 18.6 Å². The van der Waals surface area contributed by atoms with Crippen LogP contribution in [0.15, 0.2) is 24.3 Å². The fourth-order valence-corrected chi connectivity index (χ4v) is 4.03. The Morgan fingerprint density at radius 2 is 1.83 bits per heavy atom. The lowest BCUT2D eigenvalue weighted by atomic mass is 10.00. The van der Waals surface area contributed by atoms with Crippen LogP contribution in [-0.4, -0.2) is 31.1 Å². The van der Waals surface area contributed by atoms with Gasteiger partial charge in [-0.1, -0.05) is 23.7 Å². The average molecular weight is 379 g/mol. The molecule has 0 unspecified atom stereocenters. The molecule has 1 N–H and O–H groups in total. The lowest BCUT2D eigenvalue weighted by molar-refractivity contribution is 0.196. The zero-order valence-electron chi connectivity index (χ0n) is 12.6. The third-order valence-electron chi connectivity index (χ3n) is 3.98. The number of piperazine rings is 1. The first-order valence-electron chi connectivity index (χ1n) is 7.22. The van der Waals surface area contributed by atoms with Crippen molar-refractivity contribution in [3.63, 3.8) is 0 Å². The van der Waals surface area contributed by atoms with Crippen molar-refractivity contribution in [2.24, 2.45) is 0 Å². The zero-order valence-corrected chi connectivity index (χ0v) is 15.0. The second kappa shape index (κ2) is 7.90. The highest BCUT2D eigenvalue weighted by atomic mass is 35.5. The molecule has 2 heterocycles. The molecule has 0 bridgehead atoms. The minimum Gasteiger partial charge on any atom is -0.314 e. The van der Waals surface area contributed by atoms with Gasteiger partial charge in [0.25, 0.3) is 0 Å². The van der Waals surface area contributed by atoms with Crippen LogP contribution >= 0.6 is 35.3 Å². The molecule has 0 aliphatic carbocycles. The molecular formula is C16H18Cl2F2N2S. The Kier molecular flexibility index (Phi) is 6.40. The molecule has 1 aliphatic rings. The number of aryl methyl sites for hydroxylation is 1. The van der Waals surface area contributed by atoms with Gasteiger partial charge in [0.05, 0.1) is 10.4 Å². The van der Waals surface area contributed by atoms with E-state index >= 15 is 0 Å². The maximum absolute atomic E-state index is 14.5. The Hall–Kier alpha value is -0.720. The average Bonchev–Trinajstić information content (AvgIpc) is 2.95. The van der Waals surface area contributed by atoms with Gasteiger partial charge < -0.3 is 5.32 Å². The summed E-state index contributed by atoms with van der Waals surface area (Å²) in [7, 11) is 0. The number of nitrogens with zero attached hydrogens (tertiary/aromatic N) is 1. The molecule has 1 aliphatic heterocycles. The summed E-state index contributed by atoms with van der Waals surface area (Å²) >= 11 is 7.46. The monoisotopic (exact) mass is 378 g/mol. The number of hydrogen-bond acceptors (Lipinski definition) is 3. The maximum Gasteiger partial charge on any atom is 0.164 e. The number of benzene rings is 1. The van der Waals surface area contributed by atoms with Gasteiger partial charge in [0.1, 0.15) is 0 Å². The lowest BCUT2D eigenvalue weighted by Gasteiger charge is -2.35. The van der Waals surface area contributed by atoms with Crippen molar-refractivity contribution in [2.75, 3.05) is 26.2 Å². The quantitative estimate of drug-likeness (QED) is 0.850. The lowest BCUT2D eigenvalue weighted by Crippen LogP contribution is -2.45. The minimum atomic E-state index is -0.764. The molecule has 1 saturated heterocycles. The van der Waals surface area contributed by atoms with E-state index in [1.807, 2.05) is 6.07 Å². The van der Waals surface area contributed by atoms with Gasteiger partial charge in [-0.2, -0.15) is 0 Å². The molecule has 3 rings (SSSR count). The SMILES string of the molecule is Cc1ccc([C@@H](c2ccc(Cl)s2)N2CCNCC2)c(F)c1F.Cl. The van der Waals surface area contributed by atoms with Gasteiger partial charge in [-0.25, -0.2) is 8.78 Å². The normalized spacial score (nSPS) is 16.9. The highest BCUT2D eigenvalue weighted by molar-refractivity contribution is 7.16. The highest BCUT2D eigenvalue weighted by Crippen LogP contribution is 2.37. The molecule has 1 fully saturated rings. The Balaban J connectivity index is 0.00000192. The molecule has 1 aromatic carbocycles. The molecule has 23 heavy (non-hydrogen) atoms. The van der Waals surface area contributed by atoms with E-state index in [4.69, 9.17) is 11.6 Å². The second-order valence-corrected chi connectivity index (χ2v) is 7.18. The van der Waals surface area contributed by atoms with E-state index in [-0.39, 0.29) is 18.4 Å². The van der Waals surface area contributed by atoms with Gasteiger partial charge in [0.15, 0.2) is 11.6 Å². The first kappa shape index (κ1) is 18.6. The van der Waals surface area contributed by atoms with E-state index in [2.05, 4.69) is 10.2 Å². The Labute approximate surface area is 149 Å². The molecule has 0 radical (unpaired) electrons. The number of rotatable bonds is 3. The van der Waals surface area contributed by atoms with Crippen LogP contribution in [-0.2, 0) is 0 Å². The van der Waals surface area contributed by atoms with E-state index in [1.54, 1.807) is 25.1 Å². The first-order chi connectivity index (χ1) is 10.6. The standard InChI is InChI=1S/C16H17ClF2N2S.ClH/c1-10-2-3-11(15(19)14(10)18)16(12-4-5-13(17)22-12)21-8-6-20-7-9-21;/h2-5,16,20H,6-9H2,1H3;1H/t16-;/m0./s1. The van der Waals surface area contributed by atoms with Crippen molar-refractivity contribution in [3.05, 3.63) is 56.2 Å². The van der Waals surface area contributed by atoms with Crippen LogP contribution in [0.2, 0.25) is 4.34 Å². The molecule has 0 saturated carbocycles. The molecule has 1 aromatic heterocycles. The zero-order chi connectivity index (χ0) is 15.7. The fourth-order valence-electron chi connectivity index (χ4n) is 2.82. The third kappa shape index (κ3) is 3.86. The van der Waals surface area contributed by atoms with Gasteiger partial charge in [-0.3, -0.25) is 4.90 Å². The van der Waals surface area contributed by atoms with Crippen molar-refractivity contribution in [1.82, 2.24) is 10.2 Å². The Morgan fingerprint density at radius 3 is 2.43 bits per heavy atom. The van der Waals surface area contributed by atoms with Crippen molar-refractivity contribution in [1.29, 1.82) is 0 Å². The van der Waals surface area contributed by atoms with E-state index in [9.17, 15) is 8.78 Å². The topological polar surface area (TPSA) is 15.3 Å². The predicted molar refractivity (Wildman–Crippen MR) is 94.0 cm³/mol. The van der Waals surface area contributed by atoms with Crippen LogP contribution in [0.5, 0.6) is 0 Å². The smallest absolute Gasteiger partial charge is 0.164 e.